The van der Waals surface area contributed by atoms with Crippen molar-refractivity contribution in [3.8, 4) is 5.75 Å². The summed E-state index contributed by atoms with van der Waals surface area (Å²) < 4.78 is 5.31. The zero-order valence-electron chi connectivity index (χ0n) is 8.73. The van der Waals surface area contributed by atoms with Gasteiger partial charge in [-0.05, 0) is 37.6 Å². The van der Waals surface area contributed by atoms with Gasteiger partial charge in [0, 0.05) is 0 Å². The molecular formula is C11H14O4. The molecule has 0 unspecified atom stereocenters. The van der Waals surface area contributed by atoms with Crippen molar-refractivity contribution >= 4 is 5.97 Å². The van der Waals surface area contributed by atoms with E-state index in [0.29, 0.717) is 12.2 Å². The van der Waals surface area contributed by atoms with Crippen molar-refractivity contribution < 1.29 is 19.7 Å². The molecule has 1 aromatic carbocycles. The molecule has 0 amide bonds. The minimum Gasteiger partial charge on any atom is -0.508 e. The molecule has 0 aliphatic heterocycles. The topological polar surface area (TPSA) is 66.8 Å². The van der Waals surface area contributed by atoms with E-state index in [-0.39, 0.29) is 17.4 Å². The highest BCUT2D eigenvalue weighted by Crippen LogP contribution is 2.17. The molecule has 0 aliphatic carbocycles. The predicted molar refractivity (Wildman–Crippen MR) is 55.0 cm³/mol. The van der Waals surface area contributed by atoms with Crippen LogP contribution in [0.2, 0.25) is 0 Å². The average Bonchev–Trinajstić information content (AvgIpc) is 2.13. The van der Waals surface area contributed by atoms with Gasteiger partial charge in [-0.2, -0.15) is 0 Å². The summed E-state index contributed by atoms with van der Waals surface area (Å²) >= 11 is 0. The van der Waals surface area contributed by atoms with Crippen LogP contribution < -0.4 is 0 Å². The summed E-state index contributed by atoms with van der Waals surface area (Å²) in [5.41, 5.74) is 0.721. The largest absolute Gasteiger partial charge is 0.508 e. The van der Waals surface area contributed by atoms with E-state index in [2.05, 4.69) is 0 Å². The number of rotatable bonds is 4. The quantitative estimate of drug-likeness (QED) is 0.797. The zero-order valence-corrected chi connectivity index (χ0v) is 8.73. The Hall–Kier alpha value is -1.55. The monoisotopic (exact) mass is 210 g/mol. The van der Waals surface area contributed by atoms with E-state index in [9.17, 15) is 9.90 Å². The Balaban J connectivity index is 2.84. The third kappa shape index (κ3) is 3.59. The number of aromatic carboxylic acids is 1. The van der Waals surface area contributed by atoms with Crippen LogP contribution in [-0.2, 0) is 11.3 Å². The minimum atomic E-state index is -1.06. The first-order valence-electron chi connectivity index (χ1n) is 4.67. The number of ether oxygens (including phenoxy) is 1. The van der Waals surface area contributed by atoms with Gasteiger partial charge in [-0.15, -0.1) is 0 Å². The number of phenols is 1. The van der Waals surface area contributed by atoms with Crippen molar-refractivity contribution in [1.82, 2.24) is 0 Å². The van der Waals surface area contributed by atoms with Crippen LogP contribution in [0, 0.1) is 0 Å². The molecule has 4 nitrogen and oxygen atoms in total. The molecule has 0 saturated carbocycles. The van der Waals surface area contributed by atoms with E-state index in [1.807, 2.05) is 13.8 Å². The fourth-order valence-electron chi connectivity index (χ4n) is 1.14. The highest BCUT2D eigenvalue weighted by molar-refractivity contribution is 5.88. The number of benzene rings is 1. The molecule has 1 aromatic rings. The van der Waals surface area contributed by atoms with Gasteiger partial charge in [0.05, 0.1) is 18.3 Å². The predicted octanol–water partition coefficient (Wildman–Crippen LogP) is 2.02. The van der Waals surface area contributed by atoms with Gasteiger partial charge < -0.3 is 14.9 Å². The molecule has 82 valence electrons. The maximum Gasteiger partial charge on any atom is 0.335 e. The number of hydrogen-bond donors (Lipinski definition) is 2. The molecule has 0 atom stereocenters. The molecule has 1 rings (SSSR count). The first-order chi connectivity index (χ1) is 6.99. The molecule has 0 radical (unpaired) electrons. The third-order valence-electron chi connectivity index (χ3n) is 1.81. The summed E-state index contributed by atoms with van der Waals surface area (Å²) in [5.74, 6) is -1.12. The van der Waals surface area contributed by atoms with Gasteiger partial charge in [0.15, 0.2) is 0 Å². The van der Waals surface area contributed by atoms with Gasteiger partial charge in [0.2, 0.25) is 0 Å². The molecule has 0 fully saturated rings. The number of carbonyl (C=O) groups is 1. The number of carboxylic acid groups (broad SMARTS) is 1. The molecule has 0 aromatic heterocycles. The van der Waals surface area contributed by atoms with Gasteiger partial charge in [-0.3, -0.25) is 0 Å². The van der Waals surface area contributed by atoms with Crippen molar-refractivity contribution in [3.05, 3.63) is 29.3 Å². The number of aromatic hydroxyl groups is 1. The summed E-state index contributed by atoms with van der Waals surface area (Å²) in [6, 6.07) is 4.19. The summed E-state index contributed by atoms with van der Waals surface area (Å²) in [6.07, 6.45) is 0.0700. The van der Waals surface area contributed by atoms with Crippen LogP contribution >= 0.6 is 0 Å². The Morgan fingerprint density at radius 2 is 2.07 bits per heavy atom. The molecule has 0 saturated heterocycles. The average molecular weight is 210 g/mol. The molecule has 0 aliphatic rings. The second-order valence-corrected chi connectivity index (χ2v) is 3.55. The summed E-state index contributed by atoms with van der Waals surface area (Å²) in [6.45, 7) is 4.08. The van der Waals surface area contributed by atoms with Gasteiger partial charge in [0.1, 0.15) is 5.75 Å². The maximum atomic E-state index is 10.7. The molecule has 2 N–H and O–H groups in total. The van der Waals surface area contributed by atoms with Crippen molar-refractivity contribution in [2.24, 2.45) is 0 Å². The van der Waals surface area contributed by atoms with Crippen LogP contribution in [-0.4, -0.2) is 22.3 Å². The fraction of sp³-hybridized carbons (Fsp3) is 0.364. The van der Waals surface area contributed by atoms with E-state index in [1.54, 1.807) is 0 Å². The molecule has 0 spiro atoms. The van der Waals surface area contributed by atoms with Crippen molar-refractivity contribution in [1.29, 1.82) is 0 Å². The lowest BCUT2D eigenvalue weighted by Gasteiger charge is -2.08. The van der Waals surface area contributed by atoms with Gasteiger partial charge >= 0.3 is 5.97 Å². The number of carboxylic acids is 1. The molecule has 0 bridgehead atoms. The Bertz CT molecular complexity index is 358. The lowest BCUT2D eigenvalue weighted by Crippen LogP contribution is -2.03. The van der Waals surface area contributed by atoms with Gasteiger partial charge in [-0.25, -0.2) is 4.79 Å². The zero-order chi connectivity index (χ0) is 11.4. The van der Waals surface area contributed by atoms with Crippen LogP contribution in [0.15, 0.2) is 18.2 Å². The fourth-order valence-corrected chi connectivity index (χ4v) is 1.14. The molecule has 0 heterocycles. The third-order valence-corrected chi connectivity index (χ3v) is 1.81. The van der Waals surface area contributed by atoms with Crippen LogP contribution in [0.25, 0.3) is 0 Å². The second kappa shape index (κ2) is 4.79. The van der Waals surface area contributed by atoms with E-state index in [0.717, 1.165) is 0 Å². The van der Waals surface area contributed by atoms with Crippen molar-refractivity contribution in [2.75, 3.05) is 0 Å². The summed E-state index contributed by atoms with van der Waals surface area (Å²) in [7, 11) is 0. The van der Waals surface area contributed by atoms with E-state index >= 15 is 0 Å². The normalized spacial score (nSPS) is 10.6. The van der Waals surface area contributed by atoms with Crippen LogP contribution in [0.5, 0.6) is 5.75 Å². The van der Waals surface area contributed by atoms with Crippen LogP contribution in [0.1, 0.15) is 29.8 Å². The van der Waals surface area contributed by atoms with E-state index in [1.165, 1.54) is 18.2 Å². The highest BCUT2D eigenvalue weighted by atomic mass is 16.5. The maximum absolute atomic E-state index is 10.7. The number of phenolic OH excluding ortho intramolecular Hbond substituents is 1. The van der Waals surface area contributed by atoms with E-state index in [4.69, 9.17) is 9.84 Å². The van der Waals surface area contributed by atoms with Crippen molar-refractivity contribution in [3.63, 3.8) is 0 Å². The van der Waals surface area contributed by atoms with Crippen molar-refractivity contribution in [2.45, 2.75) is 26.6 Å². The first-order valence-corrected chi connectivity index (χ1v) is 4.67. The Labute approximate surface area is 88.1 Å². The molecular weight excluding hydrogens is 196 g/mol. The summed E-state index contributed by atoms with van der Waals surface area (Å²) in [4.78, 5) is 10.7. The molecule has 4 heteroatoms. The smallest absolute Gasteiger partial charge is 0.335 e. The highest BCUT2D eigenvalue weighted by Gasteiger charge is 2.07. The summed E-state index contributed by atoms with van der Waals surface area (Å²) in [5, 5.41) is 18.0. The Kier molecular flexibility index (Phi) is 3.68. The van der Waals surface area contributed by atoms with E-state index < -0.39 is 5.97 Å². The SMILES string of the molecule is CC(C)OCc1cc(O)cc(C(=O)O)c1. The van der Waals surface area contributed by atoms with Crippen LogP contribution in [0.4, 0.5) is 0 Å². The Morgan fingerprint density at radius 3 is 2.60 bits per heavy atom. The van der Waals surface area contributed by atoms with Crippen LogP contribution in [0.3, 0.4) is 0 Å². The van der Waals surface area contributed by atoms with Gasteiger partial charge in [0.25, 0.3) is 0 Å². The lowest BCUT2D eigenvalue weighted by molar-refractivity contribution is 0.0651. The van der Waals surface area contributed by atoms with Gasteiger partial charge in [-0.1, -0.05) is 0 Å². The first kappa shape index (κ1) is 11.5. The number of hydrogen-bond acceptors (Lipinski definition) is 3. The lowest BCUT2D eigenvalue weighted by atomic mass is 10.1. The second-order valence-electron chi connectivity index (χ2n) is 3.55. The molecule has 15 heavy (non-hydrogen) atoms. The minimum absolute atomic E-state index is 0.0581. The standard InChI is InChI=1S/C11H14O4/c1-7(2)15-6-8-3-9(11(13)14)5-10(12)4-8/h3-5,7,12H,6H2,1-2H3,(H,13,14). The Morgan fingerprint density at radius 1 is 1.40 bits per heavy atom.